The van der Waals surface area contributed by atoms with E-state index in [1.54, 1.807) is 19.2 Å². The molecule has 0 bridgehead atoms. The second kappa shape index (κ2) is 13.3. The van der Waals surface area contributed by atoms with Crippen LogP contribution in [0, 0.1) is 0 Å². The molecule has 2 N–H and O–H groups in total. The second-order valence-electron chi connectivity index (χ2n) is 10.1. The Morgan fingerprint density at radius 2 is 1.67 bits per heavy atom. The summed E-state index contributed by atoms with van der Waals surface area (Å²) in [6.45, 7) is 7.15. The Morgan fingerprint density at radius 3 is 2.26 bits per heavy atom. The number of carbonyl (C=O) groups excluding carboxylic acids is 1. The summed E-state index contributed by atoms with van der Waals surface area (Å²) in [5, 5.41) is 0.309. The quantitative estimate of drug-likeness (QED) is 0.120. The third kappa shape index (κ3) is 7.75. The smallest absolute Gasteiger partial charge is 0.331 e. The molecule has 0 radical (unpaired) electrons. The van der Waals surface area contributed by atoms with Gasteiger partial charge in [0.25, 0.3) is 0 Å². The topological polar surface area (TPSA) is 103 Å². The highest BCUT2D eigenvalue weighted by molar-refractivity contribution is 6.76. The first kappa shape index (κ1) is 30.5. The third-order valence-electron chi connectivity index (χ3n) is 6.03. The summed E-state index contributed by atoms with van der Waals surface area (Å²) in [7, 11) is 3.20. The number of benzene rings is 2. The second-order valence-corrected chi connectivity index (χ2v) is 16.5. The lowest BCUT2D eigenvalue weighted by atomic mass is 10.1. The number of hydrogen-bond acceptors (Lipinski definition) is 7. The molecule has 0 atom stereocenters. The van der Waals surface area contributed by atoms with Crippen molar-refractivity contribution in [3.05, 3.63) is 64.0 Å². The number of ether oxygens (including phenoxy) is 3. The zero-order chi connectivity index (χ0) is 28.7. The fourth-order valence-electron chi connectivity index (χ4n) is 3.69. The predicted molar refractivity (Wildman–Crippen MR) is 161 cm³/mol. The zero-order valence-corrected chi connectivity index (χ0v) is 25.6. The van der Waals surface area contributed by atoms with E-state index >= 15 is 0 Å². The Balaban J connectivity index is 1.97. The number of nitrogens with two attached hydrogens (primary N) is 1. The van der Waals surface area contributed by atoms with Gasteiger partial charge in [0.15, 0.2) is 0 Å². The minimum Gasteiger partial charge on any atom is -0.495 e. The molecule has 39 heavy (non-hydrogen) atoms. The van der Waals surface area contributed by atoms with E-state index in [0.717, 1.165) is 11.6 Å². The van der Waals surface area contributed by atoms with E-state index in [9.17, 15) is 4.79 Å². The van der Waals surface area contributed by atoms with Gasteiger partial charge in [-0.2, -0.15) is 0 Å². The Kier molecular flexibility index (Phi) is 10.4. The number of carbonyl (C=O) groups is 1. The molecule has 3 aromatic rings. The fraction of sp³-hybridized carbons (Fsp3) is 0.370. The van der Waals surface area contributed by atoms with Crippen molar-refractivity contribution in [2.45, 2.75) is 32.1 Å². The summed E-state index contributed by atoms with van der Waals surface area (Å²) < 4.78 is 16.8. The van der Waals surface area contributed by atoms with Gasteiger partial charge >= 0.3 is 6.03 Å². The highest BCUT2D eigenvalue weighted by Crippen LogP contribution is 2.46. The molecule has 0 fully saturated rings. The Labute approximate surface area is 240 Å². The van der Waals surface area contributed by atoms with Gasteiger partial charge in [0.1, 0.15) is 40.4 Å². The summed E-state index contributed by atoms with van der Waals surface area (Å²) in [5.41, 5.74) is 8.62. The van der Waals surface area contributed by atoms with Crippen molar-refractivity contribution in [2.75, 3.05) is 50.1 Å². The summed E-state index contributed by atoms with van der Waals surface area (Å²) in [4.78, 5) is 25.4. The van der Waals surface area contributed by atoms with Crippen LogP contribution in [0.15, 0.2) is 42.7 Å². The largest absolute Gasteiger partial charge is 0.495 e. The number of nitrogen functional groups attached to an aromatic ring is 1. The molecule has 3 rings (SSSR count). The van der Waals surface area contributed by atoms with Crippen LogP contribution >= 0.6 is 23.2 Å². The number of urea groups is 1. The maximum absolute atomic E-state index is 14.0. The van der Waals surface area contributed by atoms with Gasteiger partial charge in [-0.15, -0.1) is 0 Å². The van der Waals surface area contributed by atoms with Crippen LogP contribution in [0.25, 0.3) is 0 Å². The minimum atomic E-state index is -1.36. The Hall–Kier alpha value is -3.05. The van der Waals surface area contributed by atoms with Crippen LogP contribution < -0.4 is 25.0 Å². The Morgan fingerprint density at radius 1 is 1.03 bits per heavy atom. The standard InChI is InChI=1S/C27H35Cl2N5O4Si/c1-33(23-14-19(31-16-32-23)13-18-9-7-8-10-20(18)30)27(35)34(17-38-11-12-39(4,5)6)26-24(28)21(36-2)15-22(37-3)25(26)29/h7-10,14-16H,11-13,17,30H2,1-6H3. The van der Waals surface area contributed by atoms with E-state index in [4.69, 9.17) is 43.1 Å². The van der Waals surface area contributed by atoms with E-state index in [1.165, 1.54) is 30.3 Å². The molecule has 1 heterocycles. The molecular formula is C27H35Cl2N5O4Si. The van der Waals surface area contributed by atoms with E-state index in [0.29, 0.717) is 41.7 Å². The number of para-hydroxylation sites is 1. The number of nitrogens with zero attached hydrogens (tertiary/aromatic N) is 4. The number of amides is 2. The molecule has 0 aliphatic rings. The number of halogens is 2. The van der Waals surface area contributed by atoms with Crippen molar-refractivity contribution in [2.24, 2.45) is 0 Å². The maximum Gasteiger partial charge on any atom is 0.331 e. The highest BCUT2D eigenvalue weighted by atomic mass is 35.5. The van der Waals surface area contributed by atoms with Crippen LogP contribution in [0.1, 0.15) is 11.3 Å². The molecule has 1 aromatic heterocycles. The van der Waals surface area contributed by atoms with Gasteiger partial charge in [0.2, 0.25) is 0 Å². The summed E-state index contributed by atoms with van der Waals surface area (Å²) in [6, 6.07) is 11.3. The van der Waals surface area contributed by atoms with Crippen LogP contribution in [0.5, 0.6) is 11.5 Å². The summed E-state index contributed by atoms with van der Waals surface area (Å²) in [5.74, 6) is 0.995. The van der Waals surface area contributed by atoms with Gasteiger partial charge in [-0.1, -0.05) is 61.0 Å². The summed E-state index contributed by atoms with van der Waals surface area (Å²) >= 11 is 13.4. The lowest BCUT2D eigenvalue weighted by Crippen LogP contribution is -2.43. The van der Waals surface area contributed by atoms with Crippen molar-refractivity contribution in [3.8, 4) is 11.5 Å². The SMILES string of the molecule is COc1cc(OC)c(Cl)c(N(COCC[Si](C)(C)C)C(=O)N(C)c2cc(Cc3ccccc3N)ncn2)c1Cl. The minimum absolute atomic E-state index is 0.0953. The molecule has 0 saturated heterocycles. The van der Waals surface area contributed by atoms with Crippen molar-refractivity contribution in [1.29, 1.82) is 0 Å². The molecule has 2 aromatic carbocycles. The molecular weight excluding hydrogens is 557 g/mol. The molecule has 0 unspecified atom stereocenters. The van der Waals surface area contributed by atoms with Crippen molar-refractivity contribution in [1.82, 2.24) is 9.97 Å². The first-order valence-corrected chi connectivity index (χ1v) is 16.8. The number of methoxy groups -OCH3 is 2. The van der Waals surface area contributed by atoms with E-state index in [-0.39, 0.29) is 22.5 Å². The molecule has 0 spiro atoms. The number of anilines is 3. The molecule has 9 nitrogen and oxygen atoms in total. The third-order valence-corrected chi connectivity index (χ3v) is 8.47. The average molecular weight is 593 g/mol. The molecule has 0 saturated carbocycles. The first-order valence-electron chi connectivity index (χ1n) is 12.3. The molecule has 0 aliphatic heterocycles. The molecule has 210 valence electrons. The average Bonchev–Trinajstić information content (AvgIpc) is 2.90. The highest BCUT2D eigenvalue weighted by Gasteiger charge is 2.30. The van der Waals surface area contributed by atoms with Crippen LogP contribution in [-0.4, -0.2) is 58.7 Å². The van der Waals surface area contributed by atoms with Crippen molar-refractivity contribution < 1.29 is 19.0 Å². The van der Waals surface area contributed by atoms with Crippen LogP contribution in [0.2, 0.25) is 35.7 Å². The van der Waals surface area contributed by atoms with Crippen molar-refractivity contribution in [3.63, 3.8) is 0 Å². The predicted octanol–water partition coefficient (Wildman–Crippen LogP) is 6.35. The van der Waals surface area contributed by atoms with E-state index < -0.39 is 14.1 Å². The van der Waals surface area contributed by atoms with Gasteiger partial charge in [-0.25, -0.2) is 14.8 Å². The Bertz CT molecular complexity index is 1280. The van der Waals surface area contributed by atoms with Crippen molar-refractivity contribution >= 4 is 54.5 Å². The maximum atomic E-state index is 14.0. The number of aromatic nitrogens is 2. The van der Waals surface area contributed by atoms with Gasteiger partial charge in [0, 0.05) is 46.0 Å². The number of hydrogen-bond donors (Lipinski definition) is 1. The molecule has 0 aliphatic carbocycles. The first-order chi connectivity index (χ1) is 18.5. The summed E-state index contributed by atoms with van der Waals surface area (Å²) in [6.07, 6.45) is 1.90. The molecule has 12 heteroatoms. The zero-order valence-electron chi connectivity index (χ0n) is 23.1. The fourth-order valence-corrected chi connectivity index (χ4v) is 5.16. The molecule has 2 amide bonds. The monoisotopic (exact) mass is 591 g/mol. The number of rotatable bonds is 11. The van der Waals surface area contributed by atoms with Gasteiger partial charge in [0.05, 0.1) is 25.6 Å². The van der Waals surface area contributed by atoms with Gasteiger partial charge < -0.3 is 19.9 Å². The van der Waals surface area contributed by atoms with Crippen LogP contribution in [0.3, 0.4) is 0 Å². The van der Waals surface area contributed by atoms with E-state index in [2.05, 4.69) is 29.6 Å². The van der Waals surface area contributed by atoms with E-state index in [1.807, 2.05) is 24.3 Å². The van der Waals surface area contributed by atoms with Crippen LogP contribution in [-0.2, 0) is 11.2 Å². The lowest BCUT2D eigenvalue weighted by Gasteiger charge is -2.30. The van der Waals surface area contributed by atoms with Gasteiger partial charge in [-0.3, -0.25) is 9.80 Å². The normalized spacial score (nSPS) is 11.3. The van der Waals surface area contributed by atoms with Crippen LogP contribution in [0.4, 0.5) is 22.0 Å². The lowest BCUT2D eigenvalue weighted by molar-refractivity contribution is 0.148. The van der Waals surface area contributed by atoms with Gasteiger partial charge in [-0.05, 0) is 17.7 Å².